The van der Waals surface area contributed by atoms with Crippen molar-refractivity contribution in [2.24, 2.45) is 5.92 Å². The van der Waals surface area contributed by atoms with Gasteiger partial charge in [-0.3, -0.25) is 15.0 Å². The second kappa shape index (κ2) is 7.57. The number of nitrogens with one attached hydrogen (secondary N) is 1. The van der Waals surface area contributed by atoms with Crippen LogP contribution in [0.5, 0.6) is 0 Å². The Labute approximate surface area is 170 Å². The molecule has 0 spiro atoms. The zero-order chi connectivity index (χ0) is 19.8. The van der Waals surface area contributed by atoms with E-state index in [1.54, 1.807) is 4.52 Å². The van der Waals surface area contributed by atoms with Crippen molar-refractivity contribution in [1.82, 2.24) is 24.4 Å². The second-order valence-corrected chi connectivity index (χ2v) is 8.17. The molecule has 5 rings (SSSR count). The highest BCUT2D eigenvalue weighted by Gasteiger charge is 2.30. The molecule has 7 heteroatoms. The Morgan fingerprint density at radius 1 is 1.10 bits per heavy atom. The first kappa shape index (κ1) is 18.3. The lowest BCUT2D eigenvalue weighted by molar-refractivity contribution is -0.117. The van der Waals surface area contributed by atoms with Crippen LogP contribution in [0.4, 0.5) is 5.95 Å². The van der Waals surface area contributed by atoms with Gasteiger partial charge in [-0.05, 0) is 43.1 Å². The molecule has 3 heterocycles. The van der Waals surface area contributed by atoms with Gasteiger partial charge < -0.3 is 4.90 Å². The van der Waals surface area contributed by atoms with Gasteiger partial charge in [0.2, 0.25) is 11.9 Å². The zero-order valence-electron chi connectivity index (χ0n) is 16.7. The van der Waals surface area contributed by atoms with Crippen LogP contribution in [0.25, 0.3) is 16.8 Å². The summed E-state index contributed by atoms with van der Waals surface area (Å²) in [6.07, 6.45) is 3.79. The first-order valence-electron chi connectivity index (χ1n) is 10.3. The van der Waals surface area contributed by atoms with Crippen molar-refractivity contribution in [3.05, 3.63) is 48.2 Å². The highest BCUT2D eigenvalue weighted by Crippen LogP contribution is 2.30. The maximum atomic E-state index is 12.0. The van der Waals surface area contributed by atoms with Crippen LogP contribution in [0.1, 0.15) is 18.4 Å². The molecule has 2 aliphatic rings. The number of hydrogen-bond acceptors (Lipinski definition) is 5. The van der Waals surface area contributed by atoms with E-state index in [9.17, 15) is 4.79 Å². The molecular formula is C22H26N6O. The molecule has 1 aliphatic heterocycles. The maximum Gasteiger partial charge on any atom is 0.249 e. The Kier molecular flexibility index (Phi) is 4.77. The highest BCUT2D eigenvalue weighted by molar-refractivity contribution is 5.93. The average Bonchev–Trinajstić information content (AvgIpc) is 3.50. The number of nitrogens with zero attached hydrogens (tertiary/aromatic N) is 5. The molecule has 1 N–H and O–H groups in total. The van der Waals surface area contributed by atoms with E-state index in [1.165, 1.54) is 5.56 Å². The van der Waals surface area contributed by atoms with E-state index in [1.807, 2.05) is 18.3 Å². The predicted molar refractivity (Wildman–Crippen MR) is 113 cm³/mol. The highest BCUT2D eigenvalue weighted by atomic mass is 16.2. The number of aromatic nitrogens is 3. The van der Waals surface area contributed by atoms with Crippen LogP contribution < -0.4 is 5.32 Å². The summed E-state index contributed by atoms with van der Waals surface area (Å²) in [5.74, 6) is 0.533. The third-order valence-electron chi connectivity index (χ3n) is 5.81. The van der Waals surface area contributed by atoms with Crippen LogP contribution in [0, 0.1) is 5.92 Å². The first-order valence-corrected chi connectivity index (χ1v) is 10.3. The molecule has 3 aromatic rings. The van der Waals surface area contributed by atoms with Crippen molar-refractivity contribution in [2.75, 3.05) is 38.5 Å². The summed E-state index contributed by atoms with van der Waals surface area (Å²) in [6.45, 7) is 5.49. The topological polar surface area (TPSA) is 65.8 Å². The number of carbonyl (C=O) groups excluding carboxylic acids is 1. The van der Waals surface area contributed by atoms with Gasteiger partial charge >= 0.3 is 0 Å². The van der Waals surface area contributed by atoms with Gasteiger partial charge in [0, 0.05) is 50.4 Å². The van der Waals surface area contributed by atoms with Crippen molar-refractivity contribution in [3.63, 3.8) is 0 Å². The molecule has 2 aromatic heterocycles. The summed E-state index contributed by atoms with van der Waals surface area (Å²) in [7, 11) is 2.18. The predicted octanol–water partition coefficient (Wildman–Crippen LogP) is 2.49. The molecular weight excluding hydrogens is 364 g/mol. The Bertz CT molecular complexity index is 1020. The number of pyridine rings is 1. The van der Waals surface area contributed by atoms with Crippen molar-refractivity contribution in [3.8, 4) is 11.1 Å². The second-order valence-electron chi connectivity index (χ2n) is 8.17. The van der Waals surface area contributed by atoms with Gasteiger partial charge in [-0.15, -0.1) is 5.10 Å². The van der Waals surface area contributed by atoms with Gasteiger partial charge in [0.1, 0.15) is 0 Å². The molecule has 0 unspecified atom stereocenters. The Hall–Kier alpha value is -2.77. The molecule has 1 aromatic carbocycles. The smallest absolute Gasteiger partial charge is 0.249 e. The van der Waals surface area contributed by atoms with Gasteiger partial charge in [-0.2, -0.15) is 4.98 Å². The summed E-state index contributed by atoms with van der Waals surface area (Å²) in [5, 5.41) is 7.25. The van der Waals surface area contributed by atoms with Crippen LogP contribution in [0.3, 0.4) is 0 Å². The lowest BCUT2D eigenvalue weighted by atomic mass is 10.0. The Morgan fingerprint density at radius 3 is 2.59 bits per heavy atom. The molecule has 7 nitrogen and oxygen atoms in total. The van der Waals surface area contributed by atoms with Gasteiger partial charge in [-0.25, -0.2) is 4.52 Å². The van der Waals surface area contributed by atoms with Crippen molar-refractivity contribution < 1.29 is 4.79 Å². The Balaban J connectivity index is 1.34. The lowest BCUT2D eigenvalue weighted by Gasteiger charge is -2.32. The normalized spacial score (nSPS) is 18.2. The van der Waals surface area contributed by atoms with Crippen LogP contribution in [-0.2, 0) is 11.3 Å². The minimum Gasteiger partial charge on any atom is -0.304 e. The number of likely N-dealkylation sites (N-methyl/N-ethyl adjacent to an activating group) is 1. The lowest BCUT2D eigenvalue weighted by Crippen LogP contribution is -2.43. The fourth-order valence-corrected chi connectivity index (χ4v) is 3.80. The SMILES string of the molecule is CN1CCN(Cc2ccc(-c3cccn4nc(NC(=O)C5CC5)nc34)cc2)CC1. The van der Waals surface area contributed by atoms with Gasteiger partial charge in [0.25, 0.3) is 0 Å². The van der Waals surface area contributed by atoms with Gasteiger partial charge in [-0.1, -0.05) is 24.3 Å². The van der Waals surface area contributed by atoms with E-state index in [4.69, 9.17) is 0 Å². The van der Waals surface area contributed by atoms with E-state index in [0.717, 1.165) is 62.3 Å². The molecule has 0 bridgehead atoms. The summed E-state index contributed by atoms with van der Waals surface area (Å²) < 4.78 is 1.73. The quantitative estimate of drug-likeness (QED) is 0.725. The van der Waals surface area contributed by atoms with Crippen molar-refractivity contribution in [1.29, 1.82) is 0 Å². The van der Waals surface area contributed by atoms with Crippen LogP contribution in [-0.4, -0.2) is 63.5 Å². The molecule has 0 radical (unpaired) electrons. The summed E-state index contributed by atoms with van der Waals surface area (Å²) in [4.78, 5) is 21.5. The summed E-state index contributed by atoms with van der Waals surface area (Å²) in [6, 6.07) is 12.7. The van der Waals surface area contributed by atoms with Crippen molar-refractivity contribution >= 4 is 17.5 Å². The minimum atomic E-state index is 0.0238. The number of carbonyl (C=O) groups is 1. The van der Waals surface area contributed by atoms with Crippen LogP contribution >= 0.6 is 0 Å². The fraction of sp³-hybridized carbons (Fsp3) is 0.409. The van der Waals surface area contributed by atoms with E-state index in [0.29, 0.717) is 5.95 Å². The number of fused-ring (bicyclic) bond motifs is 1. The van der Waals surface area contributed by atoms with Gasteiger partial charge in [0.05, 0.1) is 0 Å². The van der Waals surface area contributed by atoms with Gasteiger partial charge in [0.15, 0.2) is 5.65 Å². The standard InChI is InChI=1S/C22H26N6O/c1-26-11-13-27(14-12-26)15-16-4-6-17(7-5-16)19-3-2-10-28-20(19)23-22(25-28)24-21(29)18-8-9-18/h2-7,10,18H,8-9,11-15H2,1H3,(H,24,25,29). The van der Waals surface area contributed by atoms with Crippen LogP contribution in [0.15, 0.2) is 42.6 Å². The van der Waals surface area contributed by atoms with Crippen LogP contribution in [0.2, 0.25) is 0 Å². The van der Waals surface area contributed by atoms with Crippen molar-refractivity contribution in [2.45, 2.75) is 19.4 Å². The van der Waals surface area contributed by atoms with E-state index >= 15 is 0 Å². The molecule has 0 atom stereocenters. The minimum absolute atomic E-state index is 0.0238. The number of benzene rings is 1. The van der Waals surface area contributed by atoms with E-state index in [2.05, 4.69) is 56.5 Å². The van der Waals surface area contributed by atoms with E-state index < -0.39 is 0 Å². The fourth-order valence-electron chi connectivity index (χ4n) is 3.80. The molecule has 1 saturated heterocycles. The third-order valence-corrected chi connectivity index (χ3v) is 5.81. The number of piperazine rings is 1. The maximum absolute atomic E-state index is 12.0. The van der Waals surface area contributed by atoms with E-state index in [-0.39, 0.29) is 11.8 Å². The molecule has 2 fully saturated rings. The number of hydrogen-bond donors (Lipinski definition) is 1. The number of anilines is 1. The largest absolute Gasteiger partial charge is 0.304 e. The molecule has 1 amide bonds. The Morgan fingerprint density at radius 2 is 1.86 bits per heavy atom. The zero-order valence-corrected chi connectivity index (χ0v) is 16.7. The average molecular weight is 390 g/mol. The molecule has 1 saturated carbocycles. The summed E-state index contributed by atoms with van der Waals surface area (Å²) in [5.41, 5.74) is 4.19. The summed E-state index contributed by atoms with van der Waals surface area (Å²) >= 11 is 0. The monoisotopic (exact) mass is 390 g/mol. The first-order chi connectivity index (χ1) is 14.2. The third kappa shape index (κ3) is 4.02. The number of amides is 1. The molecule has 1 aliphatic carbocycles. The molecule has 29 heavy (non-hydrogen) atoms. The number of rotatable bonds is 5. The molecule has 150 valence electrons.